The van der Waals surface area contributed by atoms with E-state index in [4.69, 9.17) is 25.3 Å². The van der Waals surface area contributed by atoms with E-state index in [1.807, 2.05) is 0 Å². The number of halogens is 1. The minimum atomic E-state index is -0.516. The Labute approximate surface area is 141 Å². The molecule has 124 valence electrons. The van der Waals surface area contributed by atoms with Gasteiger partial charge in [0.1, 0.15) is 17.8 Å². The Morgan fingerprint density at radius 3 is 2.75 bits per heavy atom. The molecule has 24 heavy (non-hydrogen) atoms. The molecule has 0 aliphatic carbocycles. The van der Waals surface area contributed by atoms with Gasteiger partial charge in [-0.1, -0.05) is 16.8 Å². The van der Waals surface area contributed by atoms with E-state index in [0.717, 1.165) is 0 Å². The Morgan fingerprint density at radius 2 is 2.12 bits per heavy atom. The van der Waals surface area contributed by atoms with Gasteiger partial charge in [0.25, 0.3) is 0 Å². The normalized spacial score (nSPS) is 10.5. The second-order valence-corrected chi connectivity index (χ2v) is 5.18. The summed E-state index contributed by atoms with van der Waals surface area (Å²) in [5, 5.41) is 9.25. The number of anilines is 2. The molecular formula is C15H13ClN4O4. The van der Waals surface area contributed by atoms with Gasteiger partial charge in [-0.2, -0.15) is 0 Å². The SMILES string of the molecule is COc1cc(-c2ncco2)c(NC(=O)Nc2cc(C)on2)cc1Cl. The number of benzene rings is 1. The number of carbonyl (C=O) groups excluding carboxylic acids is 1. The fourth-order valence-corrected chi connectivity index (χ4v) is 2.28. The minimum Gasteiger partial charge on any atom is -0.495 e. The van der Waals surface area contributed by atoms with Crippen LogP contribution in [0.1, 0.15) is 5.76 Å². The lowest BCUT2D eigenvalue weighted by molar-refractivity contribution is 0.262. The predicted molar refractivity (Wildman–Crippen MR) is 87.4 cm³/mol. The van der Waals surface area contributed by atoms with Crippen LogP contribution in [-0.2, 0) is 0 Å². The molecule has 3 aromatic rings. The number of nitrogens with zero attached hydrogens (tertiary/aromatic N) is 2. The predicted octanol–water partition coefficient (Wildman–Crippen LogP) is 3.94. The second kappa shape index (κ2) is 6.63. The Balaban J connectivity index is 1.88. The maximum Gasteiger partial charge on any atom is 0.324 e. The van der Waals surface area contributed by atoms with Gasteiger partial charge in [0, 0.05) is 6.07 Å². The zero-order chi connectivity index (χ0) is 17.1. The van der Waals surface area contributed by atoms with Crippen LogP contribution in [0.3, 0.4) is 0 Å². The summed E-state index contributed by atoms with van der Waals surface area (Å²) in [5.41, 5.74) is 0.925. The van der Waals surface area contributed by atoms with E-state index < -0.39 is 6.03 Å². The lowest BCUT2D eigenvalue weighted by Crippen LogP contribution is -2.20. The molecule has 0 saturated heterocycles. The highest BCUT2D eigenvalue weighted by molar-refractivity contribution is 6.32. The first kappa shape index (κ1) is 15.9. The fourth-order valence-electron chi connectivity index (χ4n) is 2.04. The molecule has 0 saturated carbocycles. The molecule has 9 heteroatoms. The topological polar surface area (TPSA) is 102 Å². The van der Waals surface area contributed by atoms with Crippen molar-refractivity contribution < 1.29 is 18.5 Å². The minimum absolute atomic E-state index is 0.294. The number of ether oxygens (including phenoxy) is 1. The Kier molecular flexibility index (Phi) is 4.39. The van der Waals surface area contributed by atoms with Crippen molar-refractivity contribution in [3.05, 3.63) is 41.4 Å². The van der Waals surface area contributed by atoms with Crippen molar-refractivity contribution in [1.29, 1.82) is 0 Å². The van der Waals surface area contributed by atoms with Gasteiger partial charge in [0.05, 0.1) is 29.6 Å². The summed E-state index contributed by atoms with van der Waals surface area (Å²) in [6, 6.07) is 4.25. The van der Waals surface area contributed by atoms with Crippen LogP contribution in [-0.4, -0.2) is 23.3 Å². The number of hydrogen-bond acceptors (Lipinski definition) is 6. The van der Waals surface area contributed by atoms with Gasteiger partial charge in [0.15, 0.2) is 5.82 Å². The first-order chi connectivity index (χ1) is 11.6. The smallest absolute Gasteiger partial charge is 0.324 e. The molecule has 8 nitrogen and oxygen atoms in total. The van der Waals surface area contributed by atoms with Gasteiger partial charge in [-0.05, 0) is 19.1 Å². The van der Waals surface area contributed by atoms with Crippen molar-refractivity contribution >= 4 is 29.1 Å². The van der Waals surface area contributed by atoms with Gasteiger partial charge in [0.2, 0.25) is 5.89 Å². The van der Waals surface area contributed by atoms with Crippen LogP contribution in [0.15, 0.2) is 39.6 Å². The third-order valence-corrected chi connectivity index (χ3v) is 3.37. The van der Waals surface area contributed by atoms with E-state index >= 15 is 0 Å². The van der Waals surface area contributed by atoms with Crippen LogP contribution in [0.5, 0.6) is 5.75 Å². The molecule has 0 spiro atoms. The molecule has 0 bridgehead atoms. The number of aromatic nitrogens is 2. The van der Waals surface area contributed by atoms with Crippen molar-refractivity contribution in [2.24, 2.45) is 0 Å². The van der Waals surface area contributed by atoms with Crippen LogP contribution < -0.4 is 15.4 Å². The molecule has 0 fully saturated rings. The van der Waals surface area contributed by atoms with E-state index in [0.29, 0.717) is 39.5 Å². The van der Waals surface area contributed by atoms with Crippen LogP contribution in [0.4, 0.5) is 16.3 Å². The Hall–Kier alpha value is -3.00. The van der Waals surface area contributed by atoms with E-state index in [1.165, 1.54) is 19.6 Å². The first-order valence-electron chi connectivity index (χ1n) is 6.85. The molecule has 2 heterocycles. The van der Waals surface area contributed by atoms with Crippen molar-refractivity contribution in [2.45, 2.75) is 6.92 Å². The maximum atomic E-state index is 12.1. The number of aryl methyl sites for hydroxylation is 1. The fraction of sp³-hybridized carbons (Fsp3) is 0.133. The highest BCUT2D eigenvalue weighted by Crippen LogP contribution is 2.36. The zero-order valence-corrected chi connectivity index (χ0v) is 13.5. The average Bonchev–Trinajstić information content (AvgIpc) is 3.19. The third-order valence-electron chi connectivity index (χ3n) is 3.07. The highest BCUT2D eigenvalue weighted by atomic mass is 35.5. The zero-order valence-electron chi connectivity index (χ0n) is 12.8. The third kappa shape index (κ3) is 3.33. The summed E-state index contributed by atoms with van der Waals surface area (Å²) in [7, 11) is 1.49. The molecule has 2 amide bonds. The van der Waals surface area contributed by atoms with Crippen molar-refractivity contribution in [3.63, 3.8) is 0 Å². The second-order valence-electron chi connectivity index (χ2n) is 4.77. The molecule has 0 unspecified atom stereocenters. The first-order valence-corrected chi connectivity index (χ1v) is 7.23. The summed E-state index contributed by atoms with van der Waals surface area (Å²) in [6.07, 6.45) is 2.93. The van der Waals surface area contributed by atoms with E-state index in [1.54, 1.807) is 25.1 Å². The Bertz CT molecular complexity index is 860. The number of methoxy groups -OCH3 is 1. The summed E-state index contributed by atoms with van der Waals surface area (Å²) in [6.45, 7) is 1.72. The molecule has 0 aliphatic rings. The number of urea groups is 1. The number of rotatable bonds is 4. The van der Waals surface area contributed by atoms with E-state index in [-0.39, 0.29) is 0 Å². The molecule has 1 aromatic carbocycles. The largest absolute Gasteiger partial charge is 0.495 e. The van der Waals surface area contributed by atoms with Gasteiger partial charge in [-0.3, -0.25) is 5.32 Å². The molecular weight excluding hydrogens is 336 g/mol. The standard InChI is InChI=1S/C15H13ClN4O4/c1-8-5-13(20-24-8)19-15(21)18-11-7-10(16)12(22-2)6-9(11)14-17-3-4-23-14/h3-7H,1-2H3,(H2,18,19,20,21). The quantitative estimate of drug-likeness (QED) is 0.740. The number of amides is 2. The number of oxazole rings is 1. The number of hydrogen-bond donors (Lipinski definition) is 2. The van der Waals surface area contributed by atoms with E-state index in [9.17, 15) is 4.79 Å². The molecule has 2 N–H and O–H groups in total. The highest BCUT2D eigenvalue weighted by Gasteiger charge is 2.16. The van der Waals surface area contributed by atoms with Crippen molar-refractivity contribution in [2.75, 3.05) is 17.7 Å². The number of carbonyl (C=O) groups is 1. The van der Waals surface area contributed by atoms with E-state index in [2.05, 4.69) is 20.8 Å². The lowest BCUT2D eigenvalue weighted by atomic mass is 10.1. The molecule has 0 atom stereocenters. The summed E-state index contributed by atoms with van der Waals surface area (Å²) >= 11 is 6.13. The van der Waals surface area contributed by atoms with Gasteiger partial charge in [-0.25, -0.2) is 9.78 Å². The summed E-state index contributed by atoms with van der Waals surface area (Å²) in [5.74, 6) is 1.63. The summed E-state index contributed by atoms with van der Waals surface area (Å²) < 4.78 is 15.4. The molecule has 0 radical (unpaired) electrons. The van der Waals surface area contributed by atoms with Gasteiger partial charge < -0.3 is 19.0 Å². The average molecular weight is 349 g/mol. The van der Waals surface area contributed by atoms with Crippen molar-refractivity contribution in [3.8, 4) is 17.2 Å². The summed E-state index contributed by atoms with van der Waals surface area (Å²) in [4.78, 5) is 16.2. The molecule has 2 aromatic heterocycles. The van der Waals surface area contributed by atoms with Crippen LogP contribution >= 0.6 is 11.6 Å². The number of nitrogens with one attached hydrogen (secondary N) is 2. The molecule has 3 rings (SSSR count). The Morgan fingerprint density at radius 1 is 1.29 bits per heavy atom. The van der Waals surface area contributed by atoms with Crippen LogP contribution in [0, 0.1) is 6.92 Å². The van der Waals surface area contributed by atoms with Gasteiger partial charge in [-0.15, -0.1) is 0 Å². The van der Waals surface area contributed by atoms with Crippen molar-refractivity contribution in [1.82, 2.24) is 10.1 Å². The molecule has 0 aliphatic heterocycles. The lowest BCUT2D eigenvalue weighted by Gasteiger charge is -2.12. The van der Waals surface area contributed by atoms with Gasteiger partial charge >= 0.3 is 6.03 Å². The van der Waals surface area contributed by atoms with Crippen LogP contribution in [0.25, 0.3) is 11.5 Å². The monoisotopic (exact) mass is 348 g/mol. The van der Waals surface area contributed by atoms with Crippen LogP contribution in [0.2, 0.25) is 5.02 Å². The maximum absolute atomic E-state index is 12.1.